The van der Waals surface area contributed by atoms with Gasteiger partial charge in [-0.1, -0.05) is 24.3 Å². The Morgan fingerprint density at radius 3 is 2.83 bits per heavy atom. The average molecular weight is 303 g/mol. The number of H-pyrrole nitrogens is 1. The molecule has 2 heterocycles. The number of para-hydroxylation sites is 1. The monoisotopic (exact) mass is 303 g/mol. The number of nitrogens with one attached hydrogen (secondary N) is 3. The third-order valence-corrected chi connectivity index (χ3v) is 3.50. The van der Waals surface area contributed by atoms with E-state index < -0.39 is 0 Å². The highest BCUT2D eigenvalue weighted by Crippen LogP contribution is 2.17. The number of hydrogen-bond acceptors (Lipinski definition) is 4. The molecule has 4 rings (SSSR count). The summed E-state index contributed by atoms with van der Waals surface area (Å²) in [6, 6.07) is 15.4. The lowest BCUT2D eigenvalue weighted by atomic mass is 10.1. The number of fused-ring (bicyclic) bond motifs is 1. The highest BCUT2D eigenvalue weighted by atomic mass is 16.2. The SMILES string of the molecule is O=C1NC(Nc2ccccc2)=N/C1=C\c1ccc2[nH]ncc2c1. The molecule has 0 spiro atoms. The van der Waals surface area contributed by atoms with Gasteiger partial charge in [0.15, 0.2) is 0 Å². The van der Waals surface area contributed by atoms with Crippen molar-refractivity contribution >= 4 is 34.5 Å². The standard InChI is InChI=1S/C17H13N5O/c23-16-15(9-11-6-7-14-12(8-11)10-18-22-14)20-17(21-16)19-13-4-2-1-3-5-13/h1-10H,(H,18,22)(H2,19,20,21,23)/b15-9-. The summed E-state index contributed by atoms with van der Waals surface area (Å²) in [5.74, 6) is 0.201. The number of hydrogen-bond donors (Lipinski definition) is 3. The van der Waals surface area contributed by atoms with Crippen LogP contribution < -0.4 is 10.6 Å². The molecule has 6 heteroatoms. The first-order chi connectivity index (χ1) is 11.3. The molecule has 0 bridgehead atoms. The molecule has 0 saturated heterocycles. The Morgan fingerprint density at radius 2 is 1.96 bits per heavy atom. The topological polar surface area (TPSA) is 82.2 Å². The molecular weight excluding hydrogens is 290 g/mol. The summed E-state index contributed by atoms with van der Waals surface area (Å²) in [6.45, 7) is 0. The maximum atomic E-state index is 12.0. The second-order valence-corrected chi connectivity index (χ2v) is 5.15. The van der Waals surface area contributed by atoms with Gasteiger partial charge in [-0.2, -0.15) is 5.10 Å². The Morgan fingerprint density at radius 1 is 1.09 bits per heavy atom. The van der Waals surface area contributed by atoms with Gasteiger partial charge < -0.3 is 5.32 Å². The van der Waals surface area contributed by atoms with Crippen molar-refractivity contribution in [1.29, 1.82) is 0 Å². The van der Waals surface area contributed by atoms with E-state index in [0.717, 1.165) is 22.2 Å². The minimum Gasteiger partial charge on any atom is -0.326 e. The van der Waals surface area contributed by atoms with Gasteiger partial charge >= 0.3 is 0 Å². The summed E-state index contributed by atoms with van der Waals surface area (Å²) in [5.41, 5.74) is 3.09. The van der Waals surface area contributed by atoms with Gasteiger partial charge in [0, 0.05) is 11.1 Å². The predicted octanol–water partition coefficient (Wildman–Crippen LogP) is 2.50. The first-order valence-electron chi connectivity index (χ1n) is 7.15. The molecule has 0 unspecified atom stereocenters. The molecule has 1 aromatic heterocycles. The molecule has 1 amide bonds. The van der Waals surface area contributed by atoms with Crippen molar-refractivity contribution < 1.29 is 4.79 Å². The van der Waals surface area contributed by atoms with Crippen LogP contribution in [0.25, 0.3) is 17.0 Å². The van der Waals surface area contributed by atoms with Crippen LogP contribution in [0.2, 0.25) is 0 Å². The molecule has 1 aliphatic rings. The average Bonchev–Trinajstić information content (AvgIpc) is 3.15. The molecule has 3 N–H and O–H groups in total. The van der Waals surface area contributed by atoms with Gasteiger partial charge in [0.25, 0.3) is 5.91 Å². The third-order valence-electron chi connectivity index (χ3n) is 3.50. The quantitative estimate of drug-likeness (QED) is 0.636. The van der Waals surface area contributed by atoms with E-state index in [1.807, 2.05) is 48.5 Å². The van der Waals surface area contributed by atoms with E-state index in [9.17, 15) is 4.79 Å². The molecule has 1 aliphatic heterocycles. The number of anilines is 1. The second kappa shape index (κ2) is 5.42. The number of guanidine groups is 1. The fraction of sp³-hybridized carbons (Fsp3) is 0. The van der Waals surface area contributed by atoms with Crippen LogP contribution in [0.15, 0.2) is 65.4 Å². The van der Waals surface area contributed by atoms with E-state index in [-0.39, 0.29) is 5.91 Å². The van der Waals surface area contributed by atoms with E-state index in [1.54, 1.807) is 12.3 Å². The summed E-state index contributed by atoms with van der Waals surface area (Å²) in [4.78, 5) is 16.4. The molecule has 0 saturated carbocycles. The third kappa shape index (κ3) is 2.69. The Hall–Kier alpha value is -3.41. The van der Waals surface area contributed by atoms with Crippen LogP contribution in [0.4, 0.5) is 5.69 Å². The Kier molecular flexibility index (Phi) is 3.12. The van der Waals surface area contributed by atoms with Crippen molar-refractivity contribution in [3.05, 3.63) is 66.0 Å². The minimum absolute atomic E-state index is 0.226. The van der Waals surface area contributed by atoms with Gasteiger partial charge in [-0.05, 0) is 35.9 Å². The zero-order chi connectivity index (χ0) is 15.6. The number of rotatable bonds is 2. The van der Waals surface area contributed by atoms with Crippen molar-refractivity contribution in [2.45, 2.75) is 0 Å². The highest BCUT2D eigenvalue weighted by molar-refractivity contribution is 6.17. The fourth-order valence-corrected chi connectivity index (χ4v) is 2.39. The lowest BCUT2D eigenvalue weighted by Crippen LogP contribution is -2.29. The molecule has 0 atom stereocenters. The molecule has 0 aliphatic carbocycles. The van der Waals surface area contributed by atoms with E-state index in [2.05, 4.69) is 25.8 Å². The van der Waals surface area contributed by atoms with E-state index in [0.29, 0.717) is 11.7 Å². The van der Waals surface area contributed by atoms with Gasteiger partial charge in [-0.3, -0.25) is 15.2 Å². The van der Waals surface area contributed by atoms with Crippen LogP contribution in [0, 0.1) is 0 Å². The summed E-state index contributed by atoms with van der Waals surface area (Å²) in [5, 5.41) is 13.7. The molecular formula is C17H13N5O. The van der Waals surface area contributed by atoms with E-state index in [1.165, 1.54) is 0 Å². The first-order valence-corrected chi connectivity index (χ1v) is 7.15. The largest absolute Gasteiger partial charge is 0.326 e. The zero-order valence-electron chi connectivity index (χ0n) is 12.1. The van der Waals surface area contributed by atoms with Crippen molar-refractivity contribution in [1.82, 2.24) is 15.5 Å². The molecule has 0 fully saturated rings. The highest BCUT2D eigenvalue weighted by Gasteiger charge is 2.19. The van der Waals surface area contributed by atoms with Gasteiger partial charge in [0.1, 0.15) is 5.70 Å². The van der Waals surface area contributed by atoms with Crippen LogP contribution in [0.3, 0.4) is 0 Å². The van der Waals surface area contributed by atoms with Crippen molar-refractivity contribution in [2.75, 3.05) is 5.32 Å². The van der Waals surface area contributed by atoms with Gasteiger partial charge in [-0.15, -0.1) is 0 Å². The van der Waals surface area contributed by atoms with Gasteiger partial charge in [0.05, 0.1) is 11.7 Å². The summed E-state index contributed by atoms with van der Waals surface area (Å²) >= 11 is 0. The number of benzene rings is 2. The van der Waals surface area contributed by atoms with E-state index >= 15 is 0 Å². The Bertz CT molecular complexity index is 940. The number of amides is 1. The normalized spacial score (nSPS) is 15.7. The van der Waals surface area contributed by atoms with Crippen molar-refractivity contribution in [3.63, 3.8) is 0 Å². The van der Waals surface area contributed by atoms with Crippen molar-refractivity contribution in [2.24, 2.45) is 4.99 Å². The minimum atomic E-state index is -0.226. The van der Waals surface area contributed by atoms with Crippen LogP contribution in [-0.2, 0) is 4.79 Å². The van der Waals surface area contributed by atoms with E-state index in [4.69, 9.17) is 0 Å². The Labute approximate surface area is 131 Å². The lowest BCUT2D eigenvalue weighted by Gasteiger charge is -2.03. The molecule has 23 heavy (non-hydrogen) atoms. The number of aliphatic imine (C=N–C) groups is 1. The van der Waals surface area contributed by atoms with Crippen molar-refractivity contribution in [3.8, 4) is 0 Å². The number of aromatic amines is 1. The van der Waals surface area contributed by atoms with Gasteiger partial charge in [-0.25, -0.2) is 4.99 Å². The lowest BCUT2D eigenvalue weighted by molar-refractivity contribution is -0.115. The zero-order valence-corrected chi connectivity index (χ0v) is 12.1. The summed E-state index contributed by atoms with van der Waals surface area (Å²) < 4.78 is 0. The number of aromatic nitrogens is 2. The smallest absolute Gasteiger partial charge is 0.276 e. The molecule has 2 aromatic carbocycles. The van der Waals surface area contributed by atoms with Crippen LogP contribution >= 0.6 is 0 Å². The molecule has 6 nitrogen and oxygen atoms in total. The van der Waals surface area contributed by atoms with Crippen LogP contribution in [0.5, 0.6) is 0 Å². The first kappa shape index (κ1) is 13.3. The Balaban J connectivity index is 1.61. The summed E-state index contributed by atoms with van der Waals surface area (Å²) in [6.07, 6.45) is 3.50. The number of nitrogens with zero attached hydrogens (tertiary/aromatic N) is 2. The molecule has 0 radical (unpaired) electrons. The second-order valence-electron chi connectivity index (χ2n) is 5.15. The number of carbonyl (C=O) groups is 1. The number of carbonyl (C=O) groups excluding carboxylic acids is 1. The molecule has 112 valence electrons. The van der Waals surface area contributed by atoms with Crippen LogP contribution in [-0.4, -0.2) is 22.1 Å². The fourth-order valence-electron chi connectivity index (χ4n) is 2.39. The molecule has 3 aromatic rings. The van der Waals surface area contributed by atoms with Gasteiger partial charge in [0.2, 0.25) is 5.96 Å². The maximum absolute atomic E-state index is 12.0. The summed E-state index contributed by atoms with van der Waals surface area (Å²) in [7, 11) is 0. The van der Waals surface area contributed by atoms with Crippen LogP contribution in [0.1, 0.15) is 5.56 Å². The maximum Gasteiger partial charge on any atom is 0.276 e. The predicted molar refractivity (Wildman–Crippen MR) is 89.7 cm³/mol.